The fourth-order valence-electron chi connectivity index (χ4n) is 10.5. The molecule has 0 aromatic heterocycles. The molecule has 98 heavy (non-hydrogen) atoms. The van der Waals surface area contributed by atoms with Crippen molar-refractivity contribution in [1.29, 1.82) is 0 Å². The molecule has 0 aliphatic rings. The quantitative estimate of drug-likeness (QED) is 0.0169. The number of hydrogen-bond acceptors (Lipinski definition) is 15. The van der Waals surface area contributed by atoms with Gasteiger partial charge in [-0.05, 0) is 116 Å². The monoisotopic (exact) mass is 1420 g/mol. The zero-order valence-electron chi connectivity index (χ0n) is 62.0. The van der Waals surface area contributed by atoms with Gasteiger partial charge in [0, 0.05) is 25.7 Å². The van der Waals surface area contributed by atoms with E-state index in [4.69, 9.17) is 37.0 Å². The summed E-state index contributed by atoms with van der Waals surface area (Å²) in [5, 5.41) is 10.6. The van der Waals surface area contributed by atoms with Crippen LogP contribution >= 0.6 is 15.6 Å². The molecule has 0 amide bonds. The zero-order valence-corrected chi connectivity index (χ0v) is 63.7. The molecule has 3 N–H and O–H groups in total. The predicted molar refractivity (Wildman–Crippen MR) is 399 cm³/mol. The maximum Gasteiger partial charge on any atom is 0.472 e. The highest BCUT2D eigenvalue weighted by Crippen LogP contribution is 2.45. The van der Waals surface area contributed by atoms with Crippen LogP contribution in [-0.2, 0) is 65.4 Å². The van der Waals surface area contributed by atoms with Crippen LogP contribution in [0.15, 0.2) is 85.1 Å². The second-order valence-electron chi connectivity index (χ2n) is 25.9. The molecule has 0 spiro atoms. The number of aliphatic hydroxyl groups is 1. The van der Waals surface area contributed by atoms with Gasteiger partial charge in [0.15, 0.2) is 12.2 Å². The van der Waals surface area contributed by atoms with Gasteiger partial charge < -0.3 is 33.8 Å². The zero-order chi connectivity index (χ0) is 71.8. The summed E-state index contributed by atoms with van der Waals surface area (Å²) in [6.45, 7) is 4.64. The minimum Gasteiger partial charge on any atom is -0.462 e. The van der Waals surface area contributed by atoms with Crippen LogP contribution in [0.4, 0.5) is 0 Å². The van der Waals surface area contributed by atoms with E-state index in [1.807, 2.05) is 0 Å². The Hall–Kier alpha value is -3.76. The number of phosphoric acid groups is 2. The molecule has 0 saturated heterocycles. The lowest BCUT2D eigenvalue weighted by Gasteiger charge is -2.21. The normalized spacial score (nSPS) is 14.4. The summed E-state index contributed by atoms with van der Waals surface area (Å²) in [6, 6.07) is 0. The van der Waals surface area contributed by atoms with Crippen LogP contribution < -0.4 is 0 Å². The van der Waals surface area contributed by atoms with Gasteiger partial charge in [-0.15, -0.1) is 0 Å². The smallest absolute Gasteiger partial charge is 0.462 e. The second kappa shape index (κ2) is 71.6. The number of ether oxygens (including phenoxy) is 4. The molecule has 17 nitrogen and oxygen atoms in total. The van der Waals surface area contributed by atoms with Gasteiger partial charge in [0.05, 0.1) is 26.4 Å². The van der Waals surface area contributed by atoms with Crippen LogP contribution in [0, 0.1) is 0 Å². The highest BCUT2D eigenvalue weighted by atomic mass is 31.2. The van der Waals surface area contributed by atoms with Crippen LogP contribution in [0.1, 0.15) is 336 Å². The van der Waals surface area contributed by atoms with Gasteiger partial charge in [0.2, 0.25) is 0 Å². The lowest BCUT2D eigenvalue weighted by Crippen LogP contribution is -2.30. The topological polar surface area (TPSA) is 237 Å². The van der Waals surface area contributed by atoms with Gasteiger partial charge in [0.25, 0.3) is 0 Å². The number of unbranched alkanes of at least 4 members (excludes halogenated alkanes) is 33. The molecule has 5 unspecified atom stereocenters. The second-order valence-corrected chi connectivity index (χ2v) is 28.8. The third kappa shape index (κ3) is 70.7. The third-order valence-electron chi connectivity index (χ3n) is 16.4. The van der Waals surface area contributed by atoms with Gasteiger partial charge in [-0.1, -0.05) is 280 Å². The van der Waals surface area contributed by atoms with Crippen molar-refractivity contribution >= 4 is 39.5 Å². The summed E-state index contributed by atoms with van der Waals surface area (Å²) >= 11 is 0. The van der Waals surface area contributed by atoms with Gasteiger partial charge in [-0.2, -0.15) is 0 Å². The molecule has 0 aromatic rings. The van der Waals surface area contributed by atoms with E-state index in [1.54, 1.807) is 0 Å². The first-order valence-electron chi connectivity index (χ1n) is 38.8. The molecule has 0 bridgehead atoms. The largest absolute Gasteiger partial charge is 0.472 e. The first kappa shape index (κ1) is 94.2. The Morgan fingerprint density at radius 2 is 0.531 bits per heavy atom. The summed E-state index contributed by atoms with van der Waals surface area (Å²) in [4.78, 5) is 72.8. The lowest BCUT2D eigenvalue weighted by atomic mass is 10.1. The highest BCUT2D eigenvalue weighted by molar-refractivity contribution is 7.47. The van der Waals surface area contributed by atoms with E-state index in [2.05, 4.69) is 113 Å². The molecule has 19 heteroatoms. The molecule has 0 heterocycles. The SMILES string of the molecule is CC/C=C\C/C=C\C/C=C\CCCCCCCCCC(=O)OCC(COP(=O)(O)OCC(O)COP(=O)(O)OCC(COC(=O)CCCCCCCCC/C=C\C/C=C\C/C=C\CC)OC(=O)CCCCCCCCCCCCC)OC(=O)CCCCCCC/C=C\CCCCCC. The van der Waals surface area contributed by atoms with E-state index < -0.39 is 97.5 Å². The van der Waals surface area contributed by atoms with Crippen LogP contribution in [0.5, 0.6) is 0 Å². The van der Waals surface area contributed by atoms with Crippen molar-refractivity contribution < 1.29 is 80.2 Å². The number of esters is 4. The number of phosphoric ester groups is 2. The first-order chi connectivity index (χ1) is 47.7. The summed E-state index contributed by atoms with van der Waals surface area (Å²) < 4.78 is 68.5. The number of carbonyl (C=O) groups excluding carboxylic acids is 4. The van der Waals surface area contributed by atoms with Crippen LogP contribution in [0.3, 0.4) is 0 Å². The van der Waals surface area contributed by atoms with Crippen LogP contribution in [0.2, 0.25) is 0 Å². The maximum atomic E-state index is 13.1. The average Bonchev–Trinajstić information content (AvgIpc) is 0.973. The van der Waals surface area contributed by atoms with Gasteiger partial charge in [0.1, 0.15) is 19.3 Å². The summed E-state index contributed by atoms with van der Waals surface area (Å²) in [5.41, 5.74) is 0. The van der Waals surface area contributed by atoms with E-state index in [1.165, 1.54) is 64.2 Å². The molecular weight excluding hydrogens is 1280 g/mol. The average molecular weight is 1420 g/mol. The van der Waals surface area contributed by atoms with Crippen molar-refractivity contribution in [3.05, 3.63) is 85.1 Å². The summed E-state index contributed by atoms with van der Waals surface area (Å²) in [7, 11) is -9.94. The van der Waals surface area contributed by atoms with Gasteiger partial charge in [-0.3, -0.25) is 37.3 Å². The molecule has 0 aromatic carbocycles. The molecular formula is C79H140O17P2. The Balaban J connectivity index is 5.30. The molecule has 0 aliphatic heterocycles. The predicted octanol–water partition coefficient (Wildman–Crippen LogP) is 22.2. The minimum atomic E-state index is -4.97. The minimum absolute atomic E-state index is 0.0845. The third-order valence-corrected chi connectivity index (χ3v) is 18.3. The summed E-state index contributed by atoms with van der Waals surface area (Å²) in [5.74, 6) is -2.18. The molecule has 0 radical (unpaired) electrons. The van der Waals surface area contributed by atoms with Crippen molar-refractivity contribution in [2.45, 2.75) is 354 Å². The maximum absolute atomic E-state index is 13.1. The Kier molecular flexibility index (Phi) is 68.9. The Morgan fingerprint density at radius 1 is 0.296 bits per heavy atom. The van der Waals surface area contributed by atoms with Crippen molar-refractivity contribution in [2.75, 3.05) is 39.6 Å². The lowest BCUT2D eigenvalue weighted by molar-refractivity contribution is -0.161. The highest BCUT2D eigenvalue weighted by Gasteiger charge is 2.30. The number of allylic oxidation sites excluding steroid dienone is 14. The van der Waals surface area contributed by atoms with E-state index in [-0.39, 0.29) is 25.7 Å². The van der Waals surface area contributed by atoms with Gasteiger partial charge in [-0.25, -0.2) is 9.13 Å². The molecule has 0 aliphatic carbocycles. The Morgan fingerprint density at radius 3 is 0.837 bits per heavy atom. The number of rotatable bonds is 73. The van der Waals surface area contributed by atoms with E-state index >= 15 is 0 Å². The van der Waals surface area contributed by atoms with Gasteiger partial charge >= 0.3 is 39.5 Å². The molecule has 0 rings (SSSR count). The number of aliphatic hydroxyl groups excluding tert-OH is 1. The van der Waals surface area contributed by atoms with E-state index in [9.17, 15) is 43.2 Å². The molecule has 568 valence electrons. The molecule has 0 saturated carbocycles. The molecule has 0 fully saturated rings. The fraction of sp³-hybridized carbons (Fsp3) is 0.772. The summed E-state index contributed by atoms with van der Waals surface area (Å²) in [6.07, 6.45) is 72.8. The van der Waals surface area contributed by atoms with Crippen molar-refractivity contribution in [3.8, 4) is 0 Å². The van der Waals surface area contributed by atoms with Crippen LogP contribution in [0.25, 0.3) is 0 Å². The fourth-order valence-corrected chi connectivity index (χ4v) is 12.1. The van der Waals surface area contributed by atoms with E-state index in [0.717, 1.165) is 193 Å². The van der Waals surface area contributed by atoms with Crippen molar-refractivity contribution in [1.82, 2.24) is 0 Å². The standard InChI is InChI=1S/C79H140O17P2/c1-5-9-13-17-21-25-29-32-34-36-38-41-44-47-51-55-59-63-76(81)89-69-74(95-78(83)65-61-57-53-49-43-28-24-20-16-12-8-4)71-93-97(85,86)91-67-73(80)68-92-98(87,88)94-72-75(96-79(84)66-62-58-54-50-46-40-31-27-23-19-15-11-7-3)70-90-77(82)64-60-56-52-48-45-42-39-37-35-33-30-26-22-18-14-10-6-2/h9-10,13-14,21-22,25-27,31-35,73-75,80H,5-8,11-12,15-20,23-24,28-30,36-72H2,1-4H3,(H,85,86)(H,87,88)/b13-9-,14-10-,25-21-,26-22-,31-27-,34-32-,35-33-. The van der Waals surface area contributed by atoms with Crippen LogP contribution in [-0.4, -0.2) is 96.7 Å². The Labute approximate surface area is 595 Å². The van der Waals surface area contributed by atoms with E-state index in [0.29, 0.717) is 25.7 Å². The van der Waals surface area contributed by atoms with Crippen molar-refractivity contribution in [2.24, 2.45) is 0 Å². The first-order valence-corrected chi connectivity index (χ1v) is 41.8. The van der Waals surface area contributed by atoms with Crippen molar-refractivity contribution in [3.63, 3.8) is 0 Å². The number of hydrogen-bond donors (Lipinski definition) is 3. The Bertz CT molecular complexity index is 2190. The number of carbonyl (C=O) groups is 4. The molecule has 5 atom stereocenters.